The molecule has 3 aromatic rings. The van der Waals surface area contributed by atoms with Gasteiger partial charge >= 0.3 is 0 Å². The van der Waals surface area contributed by atoms with E-state index < -0.39 is 6.04 Å². The van der Waals surface area contributed by atoms with Gasteiger partial charge in [0.1, 0.15) is 23.3 Å². The fourth-order valence-corrected chi connectivity index (χ4v) is 5.65. The van der Waals surface area contributed by atoms with E-state index in [0.29, 0.717) is 57.4 Å². The first-order valence-corrected chi connectivity index (χ1v) is 13.4. The first kappa shape index (κ1) is 27.2. The molecule has 0 aliphatic carbocycles. The van der Waals surface area contributed by atoms with Crippen LogP contribution in [0.5, 0.6) is 17.2 Å². The quantitative estimate of drug-likeness (QED) is 0.419. The highest BCUT2D eigenvalue weighted by Crippen LogP contribution is 2.38. The molecule has 0 saturated carbocycles. The number of hydrogen-bond acceptors (Lipinski definition) is 7. The normalized spacial score (nSPS) is 15.1. The Morgan fingerprint density at radius 3 is 2.34 bits per heavy atom. The van der Waals surface area contributed by atoms with Gasteiger partial charge in [0.2, 0.25) is 0 Å². The van der Waals surface area contributed by atoms with Crippen molar-refractivity contribution in [3.8, 4) is 17.2 Å². The molecule has 1 atom stereocenters. The van der Waals surface area contributed by atoms with Gasteiger partial charge in [0.25, 0.3) is 11.5 Å². The molecular formula is C29H33N3O5S. The van der Waals surface area contributed by atoms with Gasteiger partial charge in [-0.05, 0) is 69.7 Å². The number of aromatic nitrogens is 1. The van der Waals surface area contributed by atoms with E-state index in [4.69, 9.17) is 19.2 Å². The molecule has 2 aromatic carbocycles. The molecule has 0 spiro atoms. The second kappa shape index (κ2) is 11.7. The Balaban J connectivity index is 1.97. The molecule has 0 fully saturated rings. The molecule has 38 heavy (non-hydrogen) atoms. The maximum atomic E-state index is 13.9. The van der Waals surface area contributed by atoms with Crippen LogP contribution in [0.4, 0.5) is 0 Å². The van der Waals surface area contributed by atoms with Crippen LogP contribution < -0.4 is 29.1 Å². The van der Waals surface area contributed by atoms with Crippen LogP contribution in [-0.4, -0.2) is 49.3 Å². The van der Waals surface area contributed by atoms with Crippen LogP contribution in [0.2, 0.25) is 0 Å². The van der Waals surface area contributed by atoms with Crippen molar-refractivity contribution in [2.24, 2.45) is 4.99 Å². The van der Waals surface area contributed by atoms with Crippen molar-refractivity contribution in [1.29, 1.82) is 0 Å². The van der Waals surface area contributed by atoms with Gasteiger partial charge in [0.15, 0.2) is 4.80 Å². The molecule has 9 heteroatoms. The van der Waals surface area contributed by atoms with E-state index >= 15 is 0 Å². The molecule has 1 aliphatic rings. The van der Waals surface area contributed by atoms with Gasteiger partial charge in [-0.15, -0.1) is 0 Å². The monoisotopic (exact) mass is 535 g/mol. The van der Waals surface area contributed by atoms with Gasteiger partial charge in [-0.1, -0.05) is 23.5 Å². The van der Waals surface area contributed by atoms with E-state index in [1.165, 1.54) is 11.3 Å². The highest BCUT2D eigenvalue weighted by molar-refractivity contribution is 7.07. The van der Waals surface area contributed by atoms with E-state index in [0.717, 1.165) is 11.3 Å². The lowest BCUT2D eigenvalue weighted by molar-refractivity contribution is -0.127. The van der Waals surface area contributed by atoms with E-state index in [9.17, 15) is 9.59 Å². The highest BCUT2D eigenvalue weighted by Gasteiger charge is 2.36. The number of benzene rings is 2. The Labute approximate surface area is 226 Å². The van der Waals surface area contributed by atoms with Gasteiger partial charge < -0.3 is 19.1 Å². The minimum absolute atomic E-state index is 0.160. The average Bonchev–Trinajstić information content (AvgIpc) is 3.23. The summed E-state index contributed by atoms with van der Waals surface area (Å²) in [6.45, 7) is 9.28. The van der Waals surface area contributed by atoms with E-state index in [1.54, 1.807) is 35.8 Å². The molecule has 0 N–H and O–H groups in total. The number of rotatable bonds is 9. The maximum absolute atomic E-state index is 13.9. The predicted octanol–water partition coefficient (Wildman–Crippen LogP) is 3.52. The number of thiazole rings is 1. The van der Waals surface area contributed by atoms with Gasteiger partial charge in [-0.25, -0.2) is 4.99 Å². The number of nitrogens with zero attached hydrogens (tertiary/aromatic N) is 3. The van der Waals surface area contributed by atoms with Crippen LogP contribution in [0.3, 0.4) is 0 Å². The number of allylic oxidation sites excluding steroid dienone is 1. The van der Waals surface area contributed by atoms with Gasteiger partial charge in [-0.2, -0.15) is 0 Å². The Kier molecular flexibility index (Phi) is 8.36. The Bertz CT molecular complexity index is 1530. The third-order valence-electron chi connectivity index (χ3n) is 6.52. The van der Waals surface area contributed by atoms with Crippen molar-refractivity contribution >= 4 is 23.3 Å². The summed E-state index contributed by atoms with van der Waals surface area (Å²) in [6.07, 6.45) is 1.84. The first-order chi connectivity index (χ1) is 18.4. The standard InChI is InChI=1S/C29H33N3O5S/c1-7-31(8-2)28(34)25-18(4)30-29-32(26(25)22-17-21(35-5)14-15-23(22)36-6)27(33)24(38-29)16-19-10-12-20(13-11-19)37-9-3/h10-17,26H,7-9H2,1-6H3/b24-16+/t26-/m0/s1. The fourth-order valence-electron chi connectivity index (χ4n) is 4.60. The minimum Gasteiger partial charge on any atom is -0.497 e. The van der Waals surface area contributed by atoms with Crippen molar-refractivity contribution in [3.05, 3.63) is 84.5 Å². The second-order valence-electron chi connectivity index (χ2n) is 8.67. The number of hydrogen-bond donors (Lipinski definition) is 0. The Morgan fingerprint density at radius 1 is 1.05 bits per heavy atom. The molecule has 2 heterocycles. The van der Waals surface area contributed by atoms with Crippen LogP contribution >= 0.6 is 11.3 Å². The van der Waals surface area contributed by atoms with Gasteiger partial charge in [0, 0.05) is 18.7 Å². The molecule has 1 aromatic heterocycles. The largest absolute Gasteiger partial charge is 0.497 e. The smallest absolute Gasteiger partial charge is 0.271 e. The maximum Gasteiger partial charge on any atom is 0.271 e. The van der Waals surface area contributed by atoms with Crippen LogP contribution in [0.15, 0.2) is 63.5 Å². The molecule has 1 aliphatic heterocycles. The van der Waals surface area contributed by atoms with Gasteiger partial charge in [-0.3, -0.25) is 14.2 Å². The number of fused-ring (bicyclic) bond motifs is 1. The topological polar surface area (TPSA) is 82.4 Å². The Hall–Kier alpha value is -3.85. The summed E-state index contributed by atoms with van der Waals surface area (Å²) in [5, 5.41) is 0. The molecular weight excluding hydrogens is 502 g/mol. The Morgan fingerprint density at radius 2 is 1.74 bits per heavy atom. The molecule has 0 radical (unpaired) electrons. The zero-order valence-electron chi connectivity index (χ0n) is 22.6. The van der Waals surface area contributed by atoms with Crippen molar-refractivity contribution in [1.82, 2.24) is 9.47 Å². The third kappa shape index (κ3) is 5.11. The number of ether oxygens (including phenoxy) is 3. The molecule has 0 bridgehead atoms. The zero-order chi connectivity index (χ0) is 27.4. The van der Waals surface area contributed by atoms with Crippen molar-refractivity contribution in [2.45, 2.75) is 33.7 Å². The molecule has 8 nitrogen and oxygen atoms in total. The highest BCUT2D eigenvalue weighted by atomic mass is 32.1. The number of methoxy groups -OCH3 is 2. The summed E-state index contributed by atoms with van der Waals surface area (Å²) in [5.41, 5.74) is 2.32. The summed E-state index contributed by atoms with van der Waals surface area (Å²) in [7, 11) is 3.15. The van der Waals surface area contributed by atoms with Crippen molar-refractivity contribution < 1.29 is 19.0 Å². The number of amides is 1. The van der Waals surface area contributed by atoms with Crippen LogP contribution in [-0.2, 0) is 4.79 Å². The fraction of sp³-hybridized carbons (Fsp3) is 0.345. The second-order valence-corrected chi connectivity index (χ2v) is 9.68. The number of carbonyl (C=O) groups is 1. The molecule has 1 amide bonds. The first-order valence-electron chi connectivity index (χ1n) is 12.6. The predicted molar refractivity (Wildman–Crippen MR) is 149 cm³/mol. The minimum atomic E-state index is -0.730. The summed E-state index contributed by atoms with van der Waals surface area (Å²) < 4.78 is 18.8. The lowest BCUT2D eigenvalue weighted by Crippen LogP contribution is -2.43. The van der Waals surface area contributed by atoms with E-state index in [-0.39, 0.29) is 11.5 Å². The molecule has 200 valence electrons. The molecule has 4 rings (SSSR count). The van der Waals surface area contributed by atoms with E-state index in [1.807, 2.05) is 64.1 Å². The summed E-state index contributed by atoms with van der Waals surface area (Å²) in [5.74, 6) is 1.76. The third-order valence-corrected chi connectivity index (χ3v) is 7.51. The van der Waals surface area contributed by atoms with Crippen molar-refractivity contribution in [2.75, 3.05) is 33.9 Å². The summed E-state index contributed by atoms with van der Waals surface area (Å²) in [6, 6.07) is 12.2. The lowest BCUT2D eigenvalue weighted by atomic mass is 9.93. The summed E-state index contributed by atoms with van der Waals surface area (Å²) >= 11 is 1.30. The number of likely N-dealkylation sites (N-methyl/N-ethyl adjacent to an activating group) is 1. The lowest BCUT2D eigenvalue weighted by Gasteiger charge is -2.30. The van der Waals surface area contributed by atoms with Crippen LogP contribution in [0, 0.1) is 0 Å². The van der Waals surface area contributed by atoms with E-state index in [2.05, 4.69) is 0 Å². The number of carbonyl (C=O) groups excluding carboxylic acids is 1. The average molecular weight is 536 g/mol. The molecule has 0 unspecified atom stereocenters. The van der Waals surface area contributed by atoms with Crippen LogP contribution in [0.25, 0.3) is 6.08 Å². The van der Waals surface area contributed by atoms with Crippen molar-refractivity contribution in [3.63, 3.8) is 0 Å². The zero-order valence-corrected chi connectivity index (χ0v) is 23.4. The summed E-state index contributed by atoms with van der Waals surface area (Å²) in [4.78, 5) is 34.8. The SMILES string of the molecule is CCOc1ccc(/C=c2/sc3n(c2=O)[C@@H](c2cc(OC)ccc2OC)C(C(=O)N(CC)CC)=C(C)N=3)cc1. The van der Waals surface area contributed by atoms with Crippen LogP contribution in [0.1, 0.15) is 44.9 Å². The van der Waals surface area contributed by atoms with Gasteiger partial charge in [0.05, 0.1) is 36.6 Å². The molecule has 0 saturated heterocycles.